The summed E-state index contributed by atoms with van der Waals surface area (Å²) in [5.41, 5.74) is 2.26. The summed E-state index contributed by atoms with van der Waals surface area (Å²) in [6.07, 6.45) is 4.99. The van der Waals surface area contributed by atoms with Crippen molar-refractivity contribution in [2.24, 2.45) is 4.99 Å². The molecule has 0 spiro atoms. The van der Waals surface area contributed by atoms with E-state index in [0.717, 1.165) is 50.4 Å². The minimum Gasteiger partial charge on any atom is -0.373 e. The average molecular weight is 454 g/mol. The molecule has 25 heavy (non-hydrogen) atoms. The highest BCUT2D eigenvalue weighted by atomic mass is 127. The first-order valence-corrected chi connectivity index (χ1v) is 8.61. The first kappa shape index (κ1) is 19.9. The van der Waals surface area contributed by atoms with Crippen molar-refractivity contribution in [3.8, 4) is 0 Å². The third-order valence-corrected chi connectivity index (χ3v) is 4.56. The molecule has 1 saturated heterocycles. The van der Waals surface area contributed by atoms with Gasteiger partial charge in [-0.2, -0.15) is 0 Å². The number of rotatable bonds is 5. The van der Waals surface area contributed by atoms with Crippen LogP contribution in [0.5, 0.6) is 0 Å². The van der Waals surface area contributed by atoms with Crippen LogP contribution >= 0.6 is 24.0 Å². The molecule has 6 heteroatoms. The maximum atomic E-state index is 5.80. The summed E-state index contributed by atoms with van der Waals surface area (Å²) in [5.74, 6) is 0.819. The molecule has 2 aromatic rings. The van der Waals surface area contributed by atoms with Gasteiger partial charge in [0.05, 0.1) is 11.1 Å². The van der Waals surface area contributed by atoms with Crippen molar-refractivity contribution in [1.29, 1.82) is 0 Å². The first-order chi connectivity index (χ1) is 11.7. The maximum absolute atomic E-state index is 5.80. The fraction of sp³-hybridized carbons (Fsp3) is 0.474. The number of benzene rings is 1. The Morgan fingerprint density at radius 3 is 2.88 bits per heavy atom. The molecule has 0 bridgehead atoms. The van der Waals surface area contributed by atoms with Gasteiger partial charge in [0, 0.05) is 38.3 Å². The van der Waals surface area contributed by atoms with Gasteiger partial charge in [0.1, 0.15) is 0 Å². The van der Waals surface area contributed by atoms with Crippen molar-refractivity contribution in [3.05, 3.63) is 42.1 Å². The maximum Gasteiger partial charge on any atom is 0.191 e. The molecule has 0 amide bonds. The van der Waals surface area contributed by atoms with Crippen LogP contribution < -0.4 is 10.6 Å². The van der Waals surface area contributed by atoms with Crippen LogP contribution in [0.15, 0.2) is 41.5 Å². The number of ether oxygens (including phenoxy) is 1. The van der Waals surface area contributed by atoms with Crippen LogP contribution in [0.1, 0.15) is 25.3 Å². The molecule has 0 saturated carbocycles. The summed E-state index contributed by atoms with van der Waals surface area (Å²) >= 11 is 0. The molecule has 0 radical (unpaired) electrons. The summed E-state index contributed by atoms with van der Waals surface area (Å²) in [6, 6.07) is 10.4. The first-order valence-electron chi connectivity index (χ1n) is 8.61. The number of guanidine groups is 1. The molecule has 1 aromatic carbocycles. The summed E-state index contributed by atoms with van der Waals surface area (Å²) in [6.45, 7) is 4.61. The molecule has 3 rings (SSSR count). The van der Waals surface area contributed by atoms with Gasteiger partial charge in [0.15, 0.2) is 5.96 Å². The van der Waals surface area contributed by atoms with E-state index in [0.29, 0.717) is 0 Å². The van der Waals surface area contributed by atoms with E-state index in [2.05, 4.69) is 51.8 Å². The minimum atomic E-state index is -0.0722. The van der Waals surface area contributed by atoms with Gasteiger partial charge in [-0.3, -0.25) is 9.98 Å². The van der Waals surface area contributed by atoms with Crippen molar-refractivity contribution in [3.63, 3.8) is 0 Å². The van der Waals surface area contributed by atoms with E-state index in [-0.39, 0.29) is 29.6 Å². The van der Waals surface area contributed by atoms with Crippen molar-refractivity contribution in [1.82, 2.24) is 15.6 Å². The second-order valence-electron chi connectivity index (χ2n) is 6.50. The second-order valence-corrected chi connectivity index (χ2v) is 6.50. The van der Waals surface area contributed by atoms with Crippen LogP contribution in [0.3, 0.4) is 0 Å². The Labute approximate surface area is 166 Å². The monoisotopic (exact) mass is 454 g/mol. The minimum absolute atomic E-state index is 0. The van der Waals surface area contributed by atoms with Crippen LogP contribution in [-0.2, 0) is 11.2 Å². The van der Waals surface area contributed by atoms with Crippen molar-refractivity contribution in [2.75, 3.05) is 26.7 Å². The lowest BCUT2D eigenvalue weighted by Gasteiger charge is -2.24. The van der Waals surface area contributed by atoms with Gasteiger partial charge in [-0.1, -0.05) is 24.3 Å². The van der Waals surface area contributed by atoms with Gasteiger partial charge in [-0.05, 0) is 37.8 Å². The van der Waals surface area contributed by atoms with E-state index in [9.17, 15) is 0 Å². The third kappa shape index (κ3) is 5.28. The zero-order valence-corrected chi connectivity index (χ0v) is 17.2. The molecule has 136 valence electrons. The van der Waals surface area contributed by atoms with Gasteiger partial charge >= 0.3 is 0 Å². The highest BCUT2D eigenvalue weighted by Crippen LogP contribution is 2.23. The van der Waals surface area contributed by atoms with Gasteiger partial charge in [-0.25, -0.2) is 0 Å². The molecule has 0 aliphatic carbocycles. The number of fused-ring (bicyclic) bond motifs is 1. The summed E-state index contributed by atoms with van der Waals surface area (Å²) in [7, 11) is 1.80. The predicted molar refractivity (Wildman–Crippen MR) is 114 cm³/mol. The Hall–Kier alpha value is -1.41. The van der Waals surface area contributed by atoms with E-state index in [1.165, 1.54) is 10.9 Å². The summed E-state index contributed by atoms with van der Waals surface area (Å²) in [5, 5.41) is 7.94. The van der Waals surface area contributed by atoms with Gasteiger partial charge in [0.25, 0.3) is 0 Å². The molecule has 2 N–H and O–H groups in total. The topological polar surface area (TPSA) is 58.5 Å². The van der Waals surface area contributed by atoms with E-state index in [1.54, 1.807) is 7.05 Å². The molecule has 1 aromatic heterocycles. The lowest BCUT2D eigenvalue weighted by molar-refractivity contribution is 0.0243. The van der Waals surface area contributed by atoms with E-state index in [1.807, 2.05) is 12.3 Å². The predicted octanol–water partition coefficient (Wildman–Crippen LogP) is 3.13. The number of para-hydroxylation sites is 1. The van der Waals surface area contributed by atoms with Gasteiger partial charge in [-0.15, -0.1) is 24.0 Å². The van der Waals surface area contributed by atoms with Crippen LogP contribution in [0, 0.1) is 0 Å². The van der Waals surface area contributed by atoms with Crippen LogP contribution in [-0.4, -0.2) is 43.3 Å². The number of nitrogens with zero attached hydrogens (tertiary/aromatic N) is 2. The fourth-order valence-corrected chi connectivity index (χ4v) is 3.15. The number of halogens is 1. The number of hydrogen-bond acceptors (Lipinski definition) is 3. The normalized spacial score (nSPS) is 20.3. The van der Waals surface area contributed by atoms with Crippen molar-refractivity contribution < 1.29 is 4.74 Å². The summed E-state index contributed by atoms with van der Waals surface area (Å²) < 4.78 is 5.80. The molecule has 1 unspecified atom stereocenters. The second kappa shape index (κ2) is 9.33. The highest BCUT2D eigenvalue weighted by Gasteiger charge is 2.29. The molecular formula is C19H27IN4O. The smallest absolute Gasteiger partial charge is 0.191 e. The number of aliphatic imine (C=N–C) groups is 1. The number of hydrogen-bond donors (Lipinski definition) is 2. The molecule has 1 fully saturated rings. The van der Waals surface area contributed by atoms with Crippen LogP contribution in [0.4, 0.5) is 0 Å². The molecule has 2 heterocycles. The Balaban J connectivity index is 0.00000225. The fourth-order valence-electron chi connectivity index (χ4n) is 3.15. The molecular weight excluding hydrogens is 427 g/mol. The lowest BCUT2D eigenvalue weighted by Crippen LogP contribution is -2.45. The standard InChI is InChI=1S/C19H26N4O.HI/c1-19(10-5-13-24-19)14-23-18(20-2)22-12-9-16-7-3-6-15-8-4-11-21-17(15)16;/h3-4,6-8,11H,5,9-10,12-14H2,1-2H3,(H2,20,22,23);1H. The van der Waals surface area contributed by atoms with Crippen LogP contribution in [0.25, 0.3) is 10.9 Å². The van der Waals surface area contributed by atoms with Gasteiger partial charge < -0.3 is 15.4 Å². The number of nitrogens with one attached hydrogen (secondary N) is 2. The number of pyridine rings is 1. The lowest BCUT2D eigenvalue weighted by atomic mass is 10.0. The Kier molecular flexibility index (Phi) is 7.43. The zero-order valence-electron chi connectivity index (χ0n) is 14.9. The molecule has 1 aliphatic heterocycles. The summed E-state index contributed by atoms with van der Waals surface area (Å²) in [4.78, 5) is 8.80. The van der Waals surface area contributed by atoms with Crippen molar-refractivity contribution >= 4 is 40.8 Å². The molecule has 1 aliphatic rings. The Morgan fingerprint density at radius 1 is 1.28 bits per heavy atom. The zero-order chi connectivity index (χ0) is 16.8. The largest absolute Gasteiger partial charge is 0.373 e. The Morgan fingerprint density at radius 2 is 2.12 bits per heavy atom. The Bertz CT molecular complexity index is 708. The van der Waals surface area contributed by atoms with Crippen molar-refractivity contribution in [2.45, 2.75) is 31.8 Å². The van der Waals surface area contributed by atoms with E-state index < -0.39 is 0 Å². The molecule has 5 nitrogen and oxygen atoms in total. The third-order valence-electron chi connectivity index (χ3n) is 4.56. The van der Waals surface area contributed by atoms with E-state index in [4.69, 9.17) is 4.74 Å². The van der Waals surface area contributed by atoms with Gasteiger partial charge in [0.2, 0.25) is 0 Å². The number of aromatic nitrogens is 1. The SMILES string of the molecule is CN=C(NCCc1cccc2cccnc12)NCC1(C)CCCO1.I. The van der Waals surface area contributed by atoms with E-state index >= 15 is 0 Å². The average Bonchev–Trinajstić information content (AvgIpc) is 3.05. The highest BCUT2D eigenvalue weighted by molar-refractivity contribution is 14.0. The molecule has 1 atom stereocenters. The van der Waals surface area contributed by atoms with Crippen LogP contribution in [0.2, 0.25) is 0 Å². The quantitative estimate of drug-likeness (QED) is 0.414.